The van der Waals surface area contributed by atoms with Crippen molar-refractivity contribution in [2.24, 2.45) is 0 Å². The SMILES string of the molecule is CC(C)(C[O][Ti]([O]CC(C)(C)c1ccccc1)([O]CC(C)(C)c1ccccc1)[O]CC(C)(C)c1ccccc1)c1ccccc1. The standard InChI is InChI=1S/4C10H13O.Ti/c4*1-10(2,8-11)9-6-4-3-5-7-9;/h4*3-7H,8H2,1-2H3;/q4*-1;+4. The van der Waals surface area contributed by atoms with Crippen molar-refractivity contribution in [2.45, 2.75) is 77.0 Å². The minimum absolute atomic E-state index is 0.285. The van der Waals surface area contributed by atoms with E-state index in [2.05, 4.69) is 152 Å². The zero-order chi connectivity index (χ0) is 32.6. The van der Waals surface area contributed by atoms with E-state index in [9.17, 15) is 0 Å². The van der Waals surface area contributed by atoms with E-state index in [0.717, 1.165) is 0 Å². The predicted molar refractivity (Wildman–Crippen MR) is 182 cm³/mol. The van der Waals surface area contributed by atoms with Gasteiger partial charge in [-0.05, 0) is 0 Å². The Kier molecular flexibility index (Phi) is 11.7. The van der Waals surface area contributed by atoms with Crippen LogP contribution in [0, 0.1) is 0 Å². The normalized spacial score (nSPS) is 13.2. The molecule has 4 aromatic carbocycles. The van der Waals surface area contributed by atoms with Gasteiger partial charge in [-0.15, -0.1) is 0 Å². The van der Waals surface area contributed by atoms with Gasteiger partial charge in [-0.3, -0.25) is 0 Å². The molecule has 4 rings (SSSR count). The summed E-state index contributed by atoms with van der Waals surface area (Å²) < 4.78 is 27.9. The Morgan fingerprint density at radius 3 is 0.689 bits per heavy atom. The van der Waals surface area contributed by atoms with E-state index in [1.54, 1.807) is 0 Å². The number of hydrogen-bond donors (Lipinski definition) is 0. The van der Waals surface area contributed by atoms with Crippen molar-refractivity contribution in [1.82, 2.24) is 0 Å². The fraction of sp³-hybridized carbons (Fsp3) is 0.400. The molecule has 0 aromatic heterocycles. The summed E-state index contributed by atoms with van der Waals surface area (Å²) in [5.41, 5.74) is 3.64. The van der Waals surface area contributed by atoms with Crippen LogP contribution in [0.5, 0.6) is 0 Å². The van der Waals surface area contributed by atoms with Crippen molar-refractivity contribution < 1.29 is 31.4 Å². The molecular formula is C40H52O4Ti. The maximum absolute atomic E-state index is 6.96. The Hall–Kier alpha value is -2.57. The third-order valence-electron chi connectivity index (χ3n) is 8.66. The summed E-state index contributed by atoms with van der Waals surface area (Å²) in [5, 5.41) is 0. The molecule has 4 aromatic rings. The van der Waals surface area contributed by atoms with E-state index < -0.39 is 18.1 Å². The molecule has 0 saturated heterocycles. The van der Waals surface area contributed by atoms with Gasteiger partial charge in [0.05, 0.1) is 0 Å². The van der Waals surface area contributed by atoms with Crippen molar-refractivity contribution in [3.63, 3.8) is 0 Å². The molecule has 5 heteroatoms. The molecule has 0 aliphatic carbocycles. The van der Waals surface area contributed by atoms with Crippen molar-refractivity contribution >= 4 is 0 Å². The average molecular weight is 645 g/mol. The summed E-state index contributed by atoms with van der Waals surface area (Å²) in [5.74, 6) is 0. The molecule has 0 aliphatic rings. The second-order valence-electron chi connectivity index (χ2n) is 14.7. The first-order valence-electron chi connectivity index (χ1n) is 16.0. The Morgan fingerprint density at radius 2 is 0.511 bits per heavy atom. The molecule has 0 heterocycles. The molecule has 0 bridgehead atoms. The van der Waals surface area contributed by atoms with Crippen LogP contribution in [0.25, 0.3) is 0 Å². The molecule has 0 saturated carbocycles. The summed E-state index contributed by atoms with van der Waals surface area (Å²) in [6, 6.07) is 41.9. The molecule has 240 valence electrons. The van der Waals surface area contributed by atoms with Gasteiger partial charge in [-0.25, -0.2) is 0 Å². The molecule has 0 spiro atoms. The molecule has 45 heavy (non-hydrogen) atoms. The van der Waals surface area contributed by atoms with Crippen LogP contribution < -0.4 is 0 Å². The van der Waals surface area contributed by atoms with Gasteiger partial charge < -0.3 is 0 Å². The van der Waals surface area contributed by atoms with Crippen LogP contribution in [0.15, 0.2) is 121 Å². The van der Waals surface area contributed by atoms with Gasteiger partial charge in [0.15, 0.2) is 0 Å². The predicted octanol–water partition coefficient (Wildman–Crippen LogP) is 9.78. The average Bonchev–Trinajstić information content (AvgIpc) is 3.06. The van der Waals surface area contributed by atoms with Crippen molar-refractivity contribution in [1.29, 1.82) is 0 Å². The van der Waals surface area contributed by atoms with Gasteiger partial charge in [0, 0.05) is 0 Å². The van der Waals surface area contributed by atoms with E-state index in [4.69, 9.17) is 13.3 Å². The van der Waals surface area contributed by atoms with Crippen LogP contribution >= 0.6 is 0 Å². The summed E-state index contributed by atoms with van der Waals surface area (Å²) in [6.45, 7) is 19.2. The van der Waals surface area contributed by atoms with Crippen LogP contribution in [-0.4, -0.2) is 26.4 Å². The second kappa shape index (κ2) is 14.9. The van der Waals surface area contributed by atoms with E-state index in [1.165, 1.54) is 22.3 Å². The molecule has 0 amide bonds. The van der Waals surface area contributed by atoms with Crippen LogP contribution in [0.4, 0.5) is 0 Å². The summed E-state index contributed by atoms with van der Waals surface area (Å²) in [4.78, 5) is 0. The van der Waals surface area contributed by atoms with Gasteiger partial charge in [0.1, 0.15) is 0 Å². The topological polar surface area (TPSA) is 36.9 Å². The quantitative estimate of drug-likeness (QED) is 0.114. The number of benzene rings is 4. The fourth-order valence-corrected chi connectivity index (χ4v) is 9.35. The Balaban J connectivity index is 1.69. The third-order valence-corrected chi connectivity index (χ3v) is 11.8. The Labute approximate surface area is 277 Å². The van der Waals surface area contributed by atoms with Crippen LogP contribution in [-0.2, 0) is 53.1 Å². The number of rotatable bonds is 16. The minimum atomic E-state index is -4.47. The summed E-state index contributed by atoms with van der Waals surface area (Å²) in [7, 11) is 0. The first-order chi connectivity index (χ1) is 21.2. The van der Waals surface area contributed by atoms with E-state index in [1.807, 2.05) is 24.3 Å². The third kappa shape index (κ3) is 9.72. The molecule has 0 aliphatic heterocycles. The zero-order valence-electron chi connectivity index (χ0n) is 28.5. The Bertz CT molecular complexity index is 1210. The molecule has 4 nitrogen and oxygen atoms in total. The van der Waals surface area contributed by atoms with Crippen molar-refractivity contribution in [3.05, 3.63) is 144 Å². The van der Waals surface area contributed by atoms with Crippen LogP contribution in [0.3, 0.4) is 0 Å². The van der Waals surface area contributed by atoms with E-state index in [0.29, 0.717) is 26.4 Å². The summed E-state index contributed by atoms with van der Waals surface area (Å²) in [6.07, 6.45) is 0. The first kappa shape index (κ1) is 35.3. The van der Waals surface area contributed by atoms with Gasteiger partial charge in [0.2, 0.25) is 0 Å². The van der Waals surface area contributed by atoms with E-state index >= 15 is 0 Å². The number of hydrogen-bond acceptors (Lipinski definition) is 4. The van der Waals surface area contributed by atoms with Gasteiger partial charge in [-0.1, -0.05) is 0 Å². The second-order valence-corrected chi connectivity index (χ2v) is 18.0. The van der Waals surface area contributed by atoms with Crippen LogP contribution in [0.2, 0.25) is 0 Å². The fourth-order valence-electron chi connectivity index (χ4n) is 5.22. The van der Waals surface area contributed by atoms with Gasteiger partial charge in [-0.2, -0.15) is 0 Å². The zero-order valence-corrected chi connectivity index (χ0v) is 30.1. The Morgan fingerprint density at radius 1 is 0.333 bits per heavy atom. The van der Waals surface area contributed by atoms with E-state index in [-0.39, 0.29) is 21.7 Å². The molecule has 0 atom stereocenters. The summed E-state index contributed by atoms with van der Waals surface area (Å²) >= 11 is -4.47. The monoisotopic (exact) mass is 644 g/mol. The maximum atomic E-state index is 6.96. The molecule has 0 fully saturated rings. The van der Waals surface area contributed by atoms with Crippen molar-refractivity contribution in [3.8, 4) is 0 Å². The first-order valence-corrected chi connectivity index (χ1v) is 18.6. The van der Waals surface area contributed by atoms with Gasteiger partial charge >= 0.3 is 278 Å². The molecule has 0 radical (unpaired) electrons. The van der Waals surface area contributed by atoms with Gasteiger partial charge in [0.25, 0.3) is 0 Å². The molecule has 0 unspecified atom stereocenters. The molecule has 0 N–H and O–H groups in total. The van der Waals surface area contributed by atoms with Crippen molar-refractivity contribution in [2.75, 3.05) is 26.4 Å². The van der Waals surface area contributed by atoms with Crippen LogP contribution in [0.1, 0.15) is 77.6 Å². The molecular weight excluding hydrogens is 592 g/mol.